The maximum atomic E-state index is 5.60. The van der Waals surface area contributed by atoms with E-state index in [-0.39, 0.29) is 5.92 Å². The van der Waals surface area contributed by atoms with Crippen molar-refractivity contribution in [2.45, 2.75) is 5.92 Å². The molecule has 0 fully saturated rings. The summed E-state index contributed by atoms with van der Waals surface area (Å²) in [6.07, 6.45) is 0. The smallest absolute Gasteiger partial charge is 0.183 e. The van der Waals surface area contributed by atoms with Crippen molar-refractivity contribution in [3.8, 4) is 5.75 Å². The van der Waals surface area contributed by atoms with E-state index >= 15 is 0 Å². The van der Waals surface area contributed by atoms with Crippen LogP contribution < -0.4 is 4.74 Å². The molecule has 1 unspecified atom stereocenters. The Labute approximate surface area is 99.2 Å². The molecule has 1 aromatic heterocycles. The lowest BCUT2D eigenvalue weighted by atomic mass is 10.0. The highest BCUT2D eigenvalue weighted by molar-refractivity contribution is 9.11. The molecule has 3 rings (SSSR count). The summed E-state index contributed by atoms with van der Waals surface area (Å²) in [6.45, 7) is 0.668. The third kappa shape index (κ3) is 1.55. The fraction of sp³-hybridized carbons (Fsp3) is 0.200. The van der Waals surface area contributed by atoms with Crippen LogP contribution in [0.5, 0.6) is 5.75 Å². The molecule has 15 heavy (non-hydrogen) atoms. The maximum absolute atomic E-state index is 5.60. The average molecular weight is 283 g/mol. The number of para-hydroxylation sites is 1. The summed E-state index contributed by atoms with van der Waals surface area (Å²) < 4.78 is 6.42. The predicted molar refractivity (Wildman–Crippen MR) is 61.4 cm³/mol. The van der Waals surface area contributed by atoms with E-state index in [1.165, 1.54) is 5.56 Å². The number of fused-ring (bicyclic) bond motifs is 1. The molecule has 3 nitrogen and oxygen atoms in total. The van der Waals surface area contributed by atoms with Gasteiger partial charge in [-0.1, -0.05) is 29.5 Å². The molecule has 5 heteroatoms. The normalized spacial score (nSPS) is 18.6. The van der Waals surface area contributed by atoms with Crippen molar-refractivity contribution in [2.24, 2.45) is 0 Å². The van der Waals surface area contributed by atoms with Gasteiger partial charge in [-0.25, -0.2) is 0 Å². The number of halogens is 1. The highest BCUT2D eigenvalue weighted by atomic mass is 79.9. The van der Waals surface area contributed by atoms with E-state index in [0.717, 1.165) is 14.7 Å². The Morgan fingerprint density at radius 2 is 2.20 bits per heavy atom. The zero-order valence-corrected chi connectivity index (χ0v) is 10.1. The van der Waals surface area contributed by atoms with Gasteiger partial charge in [0.25, 0.3) is 0 Å². The molecule has 0 aliphatic carbocycles. The first-order valence-corrected chi connectivity index (χ1v) is 6.16. The van der Waals surface area contributed by atoms with Gasteiger partial charge in [-0.15, -0.1) is 10.2 Å². The highest BCUT2D eigenvalue weighted by Crippen LogP contribution is 2.39. The summed E-state index contributed by atoms with van der Waals surface area (Å²) in [5.74, 6) is 1.21. The Bertz CT molecular complexity index is 500. The molecule has 1 aliphatic heterocycles. The molecule has 0 saturated carbocycles. The third-order valence-corrected chi connectivity index (χ3v) is 3.88. The molecule has 0 N–H and O–H groups in total. The van der Waals surface area contributed by atoms with Crippen LogP contribution in [0, 0.1) is 0 Å². The largest absolute Gasteiger partial charge is 0.492 e. The third-order valence-electron chi connectivity index (χ3n) is 2.41. The fourth-order valence-electron chi connectivity index (χ4n) is 1.72. The van der Waals surface area contributed by atoms with Crippen molar-refractivity contribution < 1.29 is 4.74 Å². The summed E-state index contributed by atoms with van der Waals surface area (Å²) in [4.78, 5) is 0. The van der Waals surface area contributed by atoms with Crippen LogP contribution in [0.3, 0.4) is 0 Å². The molecule has 0 spiro atoms. The van der Waals surface area contributed by atoms with Gasteiger partial charge in [0.05, 0.1) is 5.92 Å². The van der Waals surface area contributed by atoms with Crippen LogP contribution in [0.1, 0.15) is 16.5 Å². The minimum Gasteiger partial charge on any atom is -0.492 e. The lowest BCUT2D eigenvalue weighted by Crippen LogP contribution is -2.01. The standard InChI is InChI=1S/C10H7BrN2OS/c11-10-13-12-9(15-10)7-5-14-8-4-2-1-3-6(7)8/h1-4,7H,5H2. The van der Waals surface area contributed by atoms with Gasteiger partial charge in [0.1, 0.15) is 17.4 Å². The van der Waals surface area contributed by atoms with E-state index in [1.54, 1.807) is 11.3 Å². The van der Waals surface area contributed by atoms with Crippen molar-refractivity contribution >= 4 is 27.3 Å². The summed E-state index contributed by atoms with van der Waals surface area (Å²) in [5.41, 5.74) is 1.21. The molecule has 1 atom stereocenters. The summed E-state index contributed by atoms with van der Waals surface area (Å²) in [5, 5.41) is 9.11. The van der Waals surface area contributed by atoms with Crippen molar-refractivity contribution in [3.05, 3.63) is 38.8 Å². The molecule has 0 bridgehead atoms. The number of hydrogen-bond acceptors (Lipinski definition) is 4. The minimum absolute atomic E-state index is 0.241. The topological polar surface area (TPSA) is 35.0 Å². The first-order valence-electron chi connectivity index (χ1n) is 4.55. The number of benzene rings is 1. The zero-order chi connectivity index (χ0) is 10.3. The first-order chi connectivity index (χ1) is 7.34. The van der Waals surface area contributed by atoms with E-state index < -0.39 is 0 Å². The van der Waals surface area contributed by atoms with E-state index in [9.17, 15) is 0 Å². The van der Waals surface area contributed by atoms with Crippen LogP contribution in [-0.4, -0.2) is 16.8 Å². The van der Waals surface area contributed by atoms with Gasteiger partial charge in [-0.3, -0.25) is 0 Å². The van der Waals surface area contributed by atoms with Gasteiger partial charge in [0.15, 0.2) is 3.92 Å². The van der Waals surface area contributed by atoms with Gasteiger partial charge in [0, 0.05) is 5.56 Å². The van der Waals surface area contributed by atoms with Crippen LogP contribution in [0.4, 0.5) is 0 Å². The van der Waals surface area contributed by atoms with Crippen molar-refractivity contribution in [2.75, 3.05) is 6.61 Å². The van der Waals surface area contributed by atoms with Crippen LogP contribution >= 0.6 is 27.3 Å². The second-order valence-corrected chi connectivity index (χ2v) is 5.58. The van der Waals surface area contributed by atoms with Crippen LogP contribution in [-0.2, 0) is 0 Å². The molecule has 0 radical (unpaired) electrons. The highest BCUT2D eigenvalue weighted by Gasteiger charge is 2.27. The zero-order valence-electron chi connectivity index (χ0n) is 7.68. The molecule has 1 aromatic carbocycles. The fourth-order valence-corrected chi connectivity index (χ4v) is 2.97. The number of hydrogen-bond donors (Lipinski definition) is 0. The number of aromatic nitrogens is 2. The molecule has 0 saturated heterocycles. The van der Waals surface area contributed by atoms with Crippen LogP contribution in [0.15, 0.2) is 28.2 Å². The number of ether oxygens (including phenoxy) is 1. The number of rotatable bonds is 1. The molecule has 76 valence electrons. The van der Waals surface area contributed by atoms with Crippen molar-refractivity contribution in [3.63, 3.8) is 0 Å². The SMILES string of the molecule is Brc1nnc(C2COc3ccccc32)s1. The van der Waals surface area contributed by atoms with Crippen LogP contribution in [0.25, 0.3) is 0 Å². The average Bonchev–Trinajstić information content (AvgIpc) is 2.83. The van der Waals surface area contributed by atoms with Gasteiger partial charge < -0.3 is 4.74 Å². The second-order valence-electron chi connectivity index (χ2n) is 3.29. The van der Waals surface area contributed by atoms with E-state index in [0.29, 0.717) is 6.61 Å². The Hall–Kier alpha value is -0.940. The maximum Gasteiger partial charge on any atom is 0.183 e. The van der Waals surface area contributed by atoms with Gasteiger partial charge in [-0.2, -0.15) is 0 Å². The van der Waals surface area contributed by atoms with Crippen molar-refractivity contribution in [1.29, 1.82) is 0 Å². The molecule has 1 aliphatic rings. The molecular formula is C10H7BrN2OS. The van der Waals surface area contributed by atoms with Gasteiger partial charge in [-0.05, 0) is 22.0 Å². The Kier molecular flexibility index (Phi) is 2.21. The molecule has 2 heterocycles. The summed E-state index contributed by atoms with van der Waals surface area (Å²) in [7, 11) is 0. The molecular weight excluding hydrogens is 276 g/mol. The van der Waals surface area contributed by atoms with Gasteiger partial charge in [0.2, 0.25) is 0 Å². The number of nitrogens with zero attached hydrogens (tertiary/aromatic N) is 2. The second kappa shape index (κ2) is 3.57. The van der Waals surface area contributed by atoms with E-state index in [1.807, 2.05) is 18.2 Å². The molecule has 2 aromatic rings. The van der Waals surface area contributed by atoms with Crippen LogP contribution in [0.2, 0.25) is 0 Å². The Morgan fingerprint density at radius 3 is 3.00 bits per heavy atom. The lowest BCUT2D eigenvalue weighted by molar-refractivity contribution is 0.342. The molecule has 0 amide bonds. The van der Waals surface area contributed by atoms with E-state index in [4.69, 9.17) is 4.74 Å². The van der Waals surface area contributed by atoms with Crippen molar-refractivity contribution in [1.82, 2.24) is 10.2 Å². The predicted octanol–water partition coefficient (Wildman–Crippen LogP) is 2.82. The summed E-state index contributed by atoms with van der Waals surface area (Å²) >= 11 is 4.89. The monoisotopic (exact) mass is 282 g/mol. The lowest BCUT2D eigenvalue weighted by Gasteiger charge is -2.02. The Morgan fingerprint density at radius 1 is 1.33 bits per heavy atom. The Balaban J connectivity index is 2.04. The minimum atomic E-state index is 0.241. The van der Waals surface area contributed by atoms with E-state index in [2.05, 4.69) is 32.2 Å². The van der Waals surface area contributed by atoms with Gasteiger partial charge >= 0.3 is 0 Å². The summed E-state index contributed by atoms with van der Waals surface area (Å²) in [6, 6.07) is 8.08. The quantitative estimate of drug-likeness (QED) is 0.807. The first kappa shape index (κ1) is 9.30.